The molecule has 0 saturated carbocycles. The maximum absolute atomic E-state index is 12.9. The van der Waals surface area contributed by atoms with Crippen LogP contribution < -0.4 is 0 Å². The number of rotatable bonds is 13. The summed E-state index contributed by atoms with van der Waals surface area (Å²) in [7, 11) is -3.23. The van der Waals surface area contributed by atoms with Crippen LogP contribution in [0.15, 0.2) is 4.52 Å². The van der Waals surface area contributed by atoms with E-state index in [1.807, 2.05) is 0 Å². The van der Waals surface area contributed by atoms with Crippen LogP contribution in [0.3, 0.4) is 0 Å². The normalized spacial score (nSPS) is 15.2. The van der Waals surface area contributed by atoms with Crippen molar-refractivity contribution < 1.29 is 23.1 Å². The number of aromatic nitrogens is 2. The van der Waals surface area contributed by atoms with Gasteiger partial charge in [-0.15, -0.1) is 0 Å². The molecule has 28 heavy (non-hydrogen) atoms. The minimum atomic E-state index is -3.23. The second-order valence-corrected chi connectivity index (χ2v) is 10.9. The van der Waals surface area contributed by atoms with Gasteiger partial charge in [0.05, 0.1) is 6.61 Å². The van der Waals surface area contributed by atoms with Gasteiger partial charge in [0, 0.05) is 19.5 Å². The van der Waals surface area contributed by atoms with Gasteiger partial charge in [0.1, 0.15) is 11.3 Å². The van der Waals surface area contributed by atoms with Crippen LogP contribution in [0.4, 0.5) is 0 Å². The molecule has 0 radical (unpaired) electrons. The number of carbonyl (C=O) groups is 1. The average molecular weight is 416 g/mol. The molecule has 0 aliphatic carbocycles. The maximum Gasteiger partial charge on any atom is 0.319 e. The van der Waals surface area contributed by atoms with Gasteiger partial charge < -0.3 is 13.8 Å². The Hall–Kier alpha value is -1.20. The highest BCUT2D eigenvalue weighted by Crippen LogP contribution is 2.49. The van der Waals surface area contributed by atoms with E-state index in [4.69, 9.17) is 13.8 Å². The average Bonchev–Trinajstić information content (AvgIpc) is 3.01. The van der Waals surface area contributed by atoms with Gasteiger partial charge in [-0.25, -0.2) is 0 Å². The molecule has 1 rings (SSSR count). The molecule has 0 aromatic carbocycles. The van der Waals surface area contributed by atoms with E-state index in [-0.39, 0.29) is 13.0 Å². The number of carbonyl (C=O) groups excluding carboxylic acids is 1. The topological polar surface area (TPSA) is 91.5 Å². The van der Waals surface area contributed by atoms with E-state index in [0.29, 0.717) is 18.1 Å². The molecular weight excluding hydrogens is 379 g/mol. The van der Waals surface area contributed by atoms with Crippen LogP contribution in [0.5, 0.6) is 0 Å². The smallest absolute Gasteiger partial charge is 0.319 e. The monoisotopic (exact) mass is 416 g/mol. The molecule has 0 saturated heterocycles. The van der Waals surface area contributed by atoms with Crippen LogP contribution in [-0.4, -0.2) is 40.6 Å². The molecule has 0 bridgehead atoms. The van der Waals surface area contributed by atoms with Crippen LogP contribution in [-0.2, 0) is 31.5 Å². The summed E-state index contributed by atoms with van der Waals surface area (Å²) in [5.41, 5.74) is -1.63. The lowest BCUT2D eigenvalue weighted by Gasteiger charge is -2.26. The van der Waals surface area contributed by atoms with Crippen LogP contribution in [0.1, 0.15) is 84.9 Å². The number of ether oxygens (including phenoxy) is 1. The molecule has 8 heteroatoms. The Bertz CT molecular complexity index is 639. The first-order valence-corrected chi connectivity index (χ1v) is 12.5. The summed E-state index contributed by atoms with van der Waals surface area (Å²) in [5, 5.41) is 3.97. The Morgan fingerprint density at radius 1 is 1.14 bits per heavy atom. The third-order valence-corrected chi connectivity index (χ3v) is 6.56. The van der Waals surface area contributed by atoms with Gasteiger partial charge in [0.2, 0.25) is 13.3 Å². The van der Waals surface area contributed by atoms with E-state index < -0.39 is 24.6 Å². The molecule has 2 unspecified atom stereocenters. The molecule has 0 amide bonds. The fraction of sp³-hybridized carbons (Fsp3) is 0.850. The van der Waals surface area contributed by atoms with E-state index in [1.165, 1.54) is 32.3 Å². The van der Waals surface area contributed by atoms with Gasteiger partial charge >= 0.3 is 5.97 Å². The third kappa shape index (κ3) is 9.33. The van der Waals surface area contributed by atoms with Gasteiger partial charge in [0.15, 0.2) is 5.82 Å². The van der Waals surface area contributed by atoms with Crippen molar-refractivity contribution in [3.05, 3.63) is 11.7 Å². The van der Waals surface area contributed by atoms with Crippen LogP contribution in [0, 0.1) is 0 Å². The van der Waals surface area contributed by atoms with E-state index in [2.05, 4.69) is 17.1 Å². The first-order valence-electron chi connectivity index (χ1n) is 10.3. The second kappa shape index (κ2) is 11.7. The zero-order valence-corrected chi connectivity index (χ0v) is 19.2. The lowest BCUT2D eigenvalue weighted by atomic mass is 10.1. The first kappa shape index (κ1) is 24.8. The molecule has 2 atom stereocenters. The van der Waals surface area contributed by atoms with E-state index in [1.54, 1.807) is 27.7 Å². The number of nitrogens with zero attached hydrogens (tertiary/aromatic N) is 2. The van der Waals surface area contributed by atoms with Gasteiger partial charge in [-0.3, -0.25) is 9.36 Å². The number of hydrogen-bond donors (Lipinski definition) is 0. The molecule has 162 valence electrons. The van der Waals surface area contributed by atoms with Crippen molar-refractivity contribution in [2.45, 2.75) is 97.2 Å². The number of unbranched alkanes of at least 4 members (excludes halogenated alkanes) is 5. The zero-order chi connectivity index (χ0) is 21.2. The molecule has 0 N–H and O–H groups in total. The second-order valence-electron chi connectivity index (χ2n) is 8.20. The molecule has 0 spiro atoms. The Kier molecular flexibility index (Phi) is 10.4. The summed E-state index contributed by atoms with van der Waals surface area (Å²) in [4.78, 5) is 17.0. The lowest BCUT2D eigenvalue weighted by Crippen LogP contribution is -2.33. The van der Waals surface area contributed by atoms with Crippen LogP contribution in [0.25, 0.3) is 0 Å². The van der Waals surface area contributed by atoms with Crippen LogP contribution >= 0.6 is 7.37 Å². The minimum Gasteiger partial charge on any atom is -0.459 e. The highest BCUT2D eigenvalue weighted by molar-refractivity contribution is 7.60. The fourth-order valence-electron chi connectivity index (χ4n) is 2.86. The highest BCUT2D eigenvalue weighted by atomic mass is 31.2. The lowest BCUT2D eigenvalue weighted by molar-refractivity contribution is -0.154. The highest BCUT2D eigenvalue weighted by Gasteiger charge is 2.39. The van der Waals surface area contributed by atoms with Crippen molar-refractivity contribution in [3.8, 4) is 0 Å². The van der Waals surface area contributed by atoms with Crippen molar-refractivity contribution in [3.63, 3.8) is 0 Å². The summed E-state index contributed by atoms with van der Waals surface area (Å²) >= 11 is 0. The van der Waals surface area contributed by atoms with Gasteiger partial charge in [-0.2, -0.15) is 4.98 Å². The fourth-order valence-corrected chi connectivity index (χ4v) is 4.48. The number of hydrogen-bond acceptors (Lipinski definition) is 7. The van der Waals surface area contributed by atoms with Crippen molar-refractivity contribution in [2.75, 3.05) is 13.3 Å². The Morgan fingerprint density at radius 2 is 1.79 bits per heavy atom. The standard InChI is InChI=1S/C20H37N2O5P/c1-7-9-10-11-12-13-14-18-21-17(22-27-18)15-16(28(6,24)25-8-2)19(23)26-20(3,4)5/h16H,7-15H2,1-6H3. The molecule has 0 aliphatic heterocycles. The molecule has 1 aromatic heterocycles. The largest absolute Gasteiger partial charge is 0.459 e. The van der Waals surface area contributed by atoms with E-state index in [9.17, 15) is 9.36 Å². The molecule has 1 aromatic rings. The van der Waals surface area contributed by atoms with Gasteiger partial charge in [0.25, 0.3) is 0 Å². The summed E-state index contributed by atoms with van der Waals surface area (Å²) < 4.78 is 29.1. The van der Waals surface area contributed by atoms with Crippen molar-refractivity contribution in [1.29, 1.82) is 0 Å². The molecular formula is C20H37N2O5P. The van der Waals surface area contributed by atoms with E-state index >= 15 is 0 Å². The Morgan fingerprint density at radius 3 is 2.39 bits per heavy atom. The summed E-state index contributed by atoms with van der Waals surface area (Å²) in [5.74, 6) is 0.350. The van der Waals surface area contributed by atoms with Crippen molar-refractivity contribution in [2.24, 2.45) is 0 Å². The van der Waals surface area contributed by atoms with Gasteiger partial charge in [-0.05, 0) is 34.1 Å². The van der Waals surface area contributed by atoms with Gasteiger partial charge in [-0.1, -0.05) is 44.2 Å². The maximum atomic E-state index is 12.9. The molecule has 0 fully saturated rings. The summed E-state index contributed by atoms with van der Waals surface area (Å²) in [6, 6.07) is 0. The first-order chi connectivity index (χ1) is 13.1. The molecule has 1 heterocycles. The minimum absolute atomic E-state index is 0.0721. The SMILES string of the molecule is CCCCCCCCc1nc(CC(C(=O)OC(C)(C)C)P(C)(=O)OCC)no1. The van der Waals surface area contributed by atoms with Crippen LogP contribution in [0.2, 0.25) is 0 Å². The van der Waals surface area contributed by atoms with E-state index in [0.717, 1.165) is 12.8 Å². The predicted octanol–water partition coefficient (Wildman–Crippen LogP) is 5.17. The Balaban J connectivity index is 2.72. The van der Waals surface area contributed by atoms with Crippen molar-refractivity contribution >= 4 is 13.3 Å². The third-order valence-electron chi connectivity index (χ3n) is 4.26. The number of aryl methyl sites for hydroxylation is 1. The molecule has 7 nitrogen and oxygen atoms in total. The molecule has 0 aliphatic rings. The Labute approximate surface area is 169 Å². The summed E-state index contributed by atoms with van der Waals surface area (Å²) in [6.07, 6.45) is 7.88. The summed E-state index contributed by atoms with van der Waals surface area (Å²) in [6.45, 7) is 11.0. The van der Waals surface area contributed by atoms with Crippen molar-refractivity contribution in [1.82, 2.24) is 10.1 Å². The predicted molar refractivity (Wildman–Crippen MR) is 110 cm³/mol. The zero-order valence-electron chi connectivity index (χ0n) is 18.3. The quantitative estimate of drug-likeness (QED) is 0.249. The number of esters is 1.